The second kappa shape index (κ2) is 5.45. The molecule has 0 spiro atoms. The van der Waals surface area contributed by atoms with Crippen molar-refractivity contribution in [1.29, 1.82) is 0 Å². The van der Waals surface area contributed by atoms with Gasteiger partial charge in [0.1, 0.15) is 0 Å². The first-order valence-electron chi connectivity index (χ1n) is 4.40. The van der Waals surface area contributed by atoms with Crippen LogP contribution in [-0.4, -0.2) is 23.9 Å². The van der Waals surface area contributed by atoms with Crippen molar-refractivity contribution < 1.29 is 4.92 Å². The molecule has 0 saturated heterocycles. The van der Waals surface area contributed by atoms with Crippen molar-refractivity contribution in [2.24, 2.45) is 0 Å². The maximum absolute atomic E-state index is 10.9. The smallest absolute Gasteiger partial charge is 0.277 e. The van der Waals surface area contributed by atoms with Crippen LogP contribution in [0.1, 0.15) is 5.56 Å². The van der Waals surface area contributed by atoms with Gasteiger partial charge in [-0.25, -0.2) is 0 Å². The number of nitro benzene ring substituents is 1. The van der Waals surface area contributed by atoms with E-state index in [1.807, 2.05) is 19.0 Å². The molecule has 0 aliphatic rings. The molecule has 1 rings (SSSR count). The zero-order valence-electron chi connectivity index (χ0n) is 8.78. The maximum Gasteiger partial charge on any atom is 0.277 e. The van der Waals surface area contributed by atoms with Crippen molar-refractivity contribution >= 4 is 43.6 Å². The Balaban J connectivity index is 3.25. The third-order valence-electron chi connectivity index (χ3n) is 1.82. The summed E-state index contributed by atoms with van der Waals surface area (Å²) in [6.07, 6.45) is 3.47. The Bertz CT molecular complexity index is 445. The molecule has 0 unspecified atom stereocenters. The number of halogens is 2. The van der Waals surface area contributed by atoms with Gasteiger partial charge < -0.3 is 4.90 Å². The third kappa shape index (κ3) is 3.31. The molecule has 0 aliphatic carbocycles. The molecular formula is C10H10Br2N2O2. The van der Waals surface area contributed by atoms with Gasteiger partial charge in [0, 0.05) is 29.1 Å². The predicted octanol–water partition coefficient (Wildman–Crippen LogP) is 3.65. The molecule has 6 heteroatoms. The number of nitro groups is 1. The van der Waals surface area contributed by atoms with E-state index in [2.05, 4.69) is 31.9 Å². The van der Waals surface area contributed by atoms with Gasteiger partial charge in [-0.3, -0.25) is 10.1 Å². The van der Waals surface area contributed by atoms with E-state index in [9.17, 15) is 10.1 Å². The fourth-order valence-corrected chi connectivity index (χ4v) is 1.77. The molecule has 0 amide bonds. The minimum absolute atomic E-state index is 0.0770. The van der Waals surface area contributed by atoms with Crippen LogP contribution < -0.4 is 0 Å². The van der Waals surface area contributed by atoms with E-state index in [4.69, 9.17) is 0 Å². The van der Waals surface area contributed by atoms with Gasteiger partial charge in [0.15, 0.2) is 0 Å². The number of hydrogen-bond donors (Lipinski definition) is 0. The molecule has 0 radical (unpaired) electrons. The molecule has 0 bridgehead atoms. The number of benzene rings is 1. The van der Waals surface area contributed by atoms with E-state index in [0.717, 1.165) is 4.47 Å². The first-order chi connectivity index (χ1) is 7.41. The summed E-state index contributed by atoms with van der Waals surface area (Å²) < 4.78 is 1.46. The Morgan fingerprint density at radius 1 is 1.31 bits per heavy atom. The van der Waals surface area contributed by atoms with Crippen molar-refractivity contribution in [3.05, 3.63) is 43.0 Å². The third-order valence-corrected chi connectivity index (χ3v) is 3.66. The van der Waals surface area contributed by atoms with E-state index in [1.165, 1.54) is 6.07 Å². The SMILES string of the molecule is CN(C)C=Cc1cc(Br)c(Br)cc1[N+](=O)[O-]. The molecule has 0 atom stereocenters. The van der Waals surface area contributed by atoms with Crippen LogP contribution in [0.2, 0.25) is 0 Å². The summed E-state index contributed by atoms with van der Waals surface area (Å²) in [7, 11) is 3.71. The van der Waals surface area contributed by atoms with Crippen LogP contribution >= 0.6 is 31.9 Å². The fraction of sp³-hybridized carbons (Fsp3) is 0.200. The largest absolute Gasteiger partial charge is 0.383 e. The average molecular weight is 350 g/mol. The molecular weight excluding hydrogens is 340 g/mol. The van der Waals surface area contributed by atoms with Crippen LogP contribution in [0.15, 0.2) is 27.3 Å². The normalized spacial score (nSPS) is 10.8. The van der Waals surface area contributed by atoms with Crippen LogP contribution in [0.5, 0.6) is 0 Å². The zero-order chi connectivity index (χ0) is 12.3. The van der Waals surface area contributed by atoms with E-state index in [-0.39, 0.29) is 5.69 Å². The summed E-state index contributed by atoms with van der Waals surface area (Å²) in [4.78, 5) is 12.3. The first-order valence-corrected chi connectivity index (χ1v) is 5.98. The van der Waals surface area contributed by atoms with Crippen molar-refractivity contribution in [3.8, 4) is 0 Å². The highest BCUT2D eigenvalue weighted by atomic mass is 79.9. The summed E-state index contributed by atoms with van der Waals surface area (Å²) in [5.41, 5.74) is 0.641. The van der Waals surface area contributed by atoms with Crippen molar-refractivity contribution in [2.75, 3.05) is 14.1 Å². The molecule has 86 valence electrons. The Morgan fingerprint density at radius 2 is 1.88 bits per heavy atom. The van der Waals surface area contributed by atoms with Crippen LogP contribution in [0.4, 0.5) is 5.69 Å². The Morgan fingerprint density at radius 3 is 2.38 bits per heavy atom. The minimum Gasteiger partial charge on any atom is -0.383 e. The minimum atomic E-state index is -0.396. The molecule has 0 aromatic heterocycles. The van der Waals surface area contributed by atoms with Crippen molar-refractivity contribution in [3.63, 3.8) is 0 Å². The summed E-state index contributed by atoms with van der Waals surface area (Å²) in [5, 5.41) is 10.9. The topological polar surface area (TPSA) is 46.4 Å². The van der Waals surface area contributed by atoms with Crippen LogP contribution in [0, 0.1) is 10.1 Å². The summed E-state index contributed by atoms with van der Waals surface area (Å²) in [5.74, 6) is 0. The quantitative estimate of drug-likeness (QED) is 0.618. The molecule has 4 nitrogen and oxygen atoms in total. The lowest BCUT2D eigenvalue weighted by Gasteiger charge is -2.05. The number of nitrogens with zero attached hydrogens (tertiary/aromatic N) is 2. The Hall–Kier alpha value is -0.880. The molecule has 0 heterocycles. The van der Waals surface area contributed by atoms with Crippen molar-refractivity contribution in [1.82, 2.24) is 4.90 Å². The summed E-state index contributed by atoms with van der Waals surface area (Å²) in [6.45, 7) is 0. The van der Waals surface area contributed by atoms with Gasteiger partial charge in [0.05, 0.1) is 10.5 Å². The Kier molecular flexibility index (Phi) is 4.49. The number of hydrogen-bond acceptors (Lipinski definition) is 3. The molecule has 1 aromatic carbocycles. The highest BCUT2D eigenvalue weighted by Gasteiger charge is 2.14. The average Bonchev–Trinajstić information content (AvgIpc) is 2.18. The molecule has 0 saturated carbocycles. The van der Waals surface area contributed by atoms with Crippen molar-refractivity contribution in [2.45, 2.75) is 0 Å². The second-order valence-electron chi connectivity index (χ2n) is 3.36. The lowest BCUT2D eigenvalue weighted by Crippen LogP contribution is -2.00. The molecule has 0 aliphatic heterocycles. The summed E-state index contributed by atoms with van der Waals surface area (Å²) in [6, 6.07) is 3.20. The highest BCUT2D eigenvalue weighted by Crippen LogP contribution is 2.31. The van der Waals surface area contributed by atoms with Gasteiger partial charge in [-0.15, -0.1) is 0 Å². The molecule has 16 heavy (non-hydrogen) atoms. The van der Waals surface area contributed by atoms with Crippen LogP contribution in [0.3, 0.4) is 0 Å². The van der Waals surface area contributed by atoms with E-state index in [0.29, 0.717) is 10.0 Å². The maximum atomic E-state index is 10.9. The predicted molar refractivity (Wildman–Crippen MR) is 71.2 cm³/mol. The van der Waals surface area contributed by atoms with E-state index in [1.54, 1.807) is 18.3 Å². The second-order valence-corrected chi connectivity index (χ2v) is 5.07. The van der Waals surface area contributed by atoms with Gasteiger partial charge in [0.2, 0.25) is 0 Å². The van der Waals surface area contributed by atoms with Crippen LogP contribution in [0.25, 0.3) is 6.08 Å². The molecule has 0 fully saturated rings. The monoisotopic (exact) mass is 348 g/mol. The van der Waals surface area contributed by atoms with Crippen LogP contribution in [-0.2, 0) is 0 Å². The lowest BCUT2D eigenvalue weighted by molar-refractivity contribution is -0.385. The lowest BCUT2D eigenvalue weighted by atomic mass is 10.2. The molecule has 0 N–H and O–H groups in total. The standard InChI is InChI=1S/C10H10Br2N2O2/c1-13(2)4-3-7-5-8(11)9(12)6-10(7)14(15)16/h3-6H,1-2H3. The molecule has 1 aromatic rings. The zero-order valence-corrected chi connectivity index (χ0v) is 11.9. The van der Waals surface area contributed by atoms with Gasteiger partial charge in [-0.05, 0) is 50.2 Å². The summed E-state index contributed by atoms with van der Waals surface area (Å²) >= 11 is 6.56. The van der Waals surface area contributed by atoms with E-state index < -0.39 is 4.92 Å². The first kappa shape index (κ1) is 13.2. The van der Waals surface area contributed by atoms with Gasteiger partial charge >= 0.3 is 0 Å². The van der Waals surface area contributed by atoms with E-state index >= 15 is 0 Å². The highest BCUT2D eigenvalue weighted by molar-refractivity contribution is 9.13. The van der Waals surface area contributed by atoms with Gasteiger partial charge in [0.25, 0.3) is 5.69 Å². The number of rotatable bonds is 3. The van der Waals surface area contributed by atoms with Gasteiger partial charge in [-0.2, -0.15) is 0 Å². The Labute approximate surface area is 110 Å². The fourth-order valence-electron chi connectivity index (χ4n) is 1.07. The van der Waals surface area contributed by atoms with Gasteiger partial charge in [-0.1, -0.05) is 0 Å².